The van der Waals surface area contributed by atoms with Crippen molar-refractivity contribution >= 4 is 0 Å². The molecule has 2 nitrogen and oxygen atoms in total. The van der Waals surface area contributed by atoms with Crippen molar-refractivity contribution in [2.45, 2.75) is 19.5 Å². The van der Waals surface area contributed by atoms with Gasteiger partial charge < -0.3 is 0 Å². The Morgan fingerprint density at radius 1 is 1.14 bits per heavy atom. The molecule has 0 saturated heterocycles. The topological polar surface area (TPSA) is 27.0 Å². The van der Waals surface area contributed by atoms with Crippen molar-refractivity contribution in [2.75, 3.05) is 7.05 Å². The van der Waals surface area contributed by atoms with Crippen LogP contribution in [0.1, 0.15) is 29.7 Å². The van der Waals surface area contributed by atoms with Gasteiger partial charge in [-0.15, -0.1) is 0 Å². The van der Waals surface area contributed by atoms with E-state index in [0.717, 1.165) is 0 Å². The molecule has 0 spiro atoms. The van der Waals surface area contributed by atoms with Crippen LogP contribution in [0.2, 0.25) is 0 Å². The molecular formula is C17H16F2N2. The Kier molecular flexibility index (Phi) is 4.66. The molecule has 1 unspecified atom stereocenters. The second kappa shape index (κ2) is 6.47. The number of rotatable bonds is 4. The molecule has 2 rings (SSSR count). The van der Waals surface area contributed by atoms with Gasteiger partial charge in [0.1, 0.15) is 17.7 Å². The SMILES string of the molecule is CC(c1ccccc1F)N(C)Cc1cccc(C#N)c1F. The van der Waals surface area contributed by atoms with Crippen LogP contribution in [0.5, 0.6) is 0 Å². The van der Waals surface area contributed by atoms with E-state index in [1.165, 1.54) is 12.1 Å². The molecule has 0 bridgehead atoms. The number of hydrogen-bond acceptors (Lipinski definition) is 2. The largest absolute Gasteiger partial charge is 0.295 e. The molecule has 0 amide bonds. The minimum atomic E-state index is -0.507. The second-order valence-corrected chi connectivity index (χ2v) is 5.00. The molecule has 4 heteroatoms. The maximum atomic E-state index is 14.1. The number of nitriles is 1. The van der Waals surface area contributed by atoms with E-state index in [4.69, 9.17) is 5.26 Å². The molecule has 0 saturated carbocycles. The summed E-state index contributed by atoms with van der Waals surface area (Å²) < 4.78 is 27.8. The van der Waals surface area contributed by atoms with Crippen LogP contribution in [-0.4, -0.2) is 11.9 Å². The smallest absolute Gasteiger partial charge is 0.145 e. The van der Waals surface area contributed by atoms with Gasteiger partial charge in [-0.2, -0.15) is 5.26 Å². The van der Waals surface area contributed by atoms with E-state index in [9.17, 15) is 8.78 Å². The standard InChI is InChI=1S/C17H16F2N2/c1-12(15-8-3-4-9-16(15)18)21(2)11-14-7-5-6-13(10-20)17(14)19/h3-9,12H,11H2,1-2H3. The van der Waals surface area contributed by atoms with Crippen molar-refractivity contribution in [1.82, 2.24) is 4.90 Å². The molecule has 21 heavy (non-hydrogen) atoms. The maximum Gasteiger partial charge on any atom is 0.145 e. The van der Waals surface area contributed by atoms with Crippen molar-refractivity contribution in [3.05, 3.63) is 70.8 Å². The fraction of sp³-hybridized carbons (Fsp3) is 0.235. The third-order valence-electron chi connectivity index (χ3n) is 3.64. The fourth-order valence-electron chi connectivity index (χ4n) is 2.25. The van der Waals surface area contributed by atoms with Crippen LogP contribution in [0.25, 0.3) is 0 Å². The van der Waals surface area contributed by atoms with Crippen LogP contribution in [0.3, 0.4) is 0 Å². The summed E-state index contributed by atoms with van der Waals surface area (Å²) in [4.78, 5) is 1.85. The molecule has 0 N–H and O–H groups in total. The molecule has 0 aliphatic rings. The summed E-state index contributed by atoms with van der Waals surface area (Å²) in [5.74, 6) is -0.782. The Labute approximate surface area is 123 Å². The van der Waals surface area contributed by atoms with Crippen LogP contribution in [0.15, 0.2) is 42.5 Å². The van der Waals surface area contributed by atoms with Crippen LogP contribution in [0.4, 0.5) is 8.78 Å². The summed E-state index contributed by atoms with van der Waals surface area (Å²) in [5.41, 5.74) is 1.02. The van der Waals surface area contributed by atoms with Crippen LogP contribution >= 0.6 is 0 Å². The molecule has 108 valence electrons. The van der Waals surface area contributed by atoms with Crippen molar-refractivity contribution < 1.29 is 8.78 Å². The first-order valence-electron chi connectivity index (χ1n) is 6.66. The van der Waals surface area contributed by atoms with Crippen molar-refractivity contribution in [3.63, 3.8) is 0 Å². The minimum absolute atomic E-state index is 0.0273. The summed E-state index contributed by atoms with van der Waals surface area (Å²) in [6.07, 6.45) is 0. The van der Waals surface area contributed by atoms with Gasteiger partial charge in [0.25, 0.3) is 0 Å². The second-order valence-electron chi connectivity index (χ2n) is 5.00. The highest BCUT2D eigenvalue weighted by Crippen LogP contribution is 2.24. The van der Waals surface area contributed by atoms with Crippen LogP contribution < -0.4 is 0 Å². The van der Waals surface area contributed by atoms with E-state index in [0.29, 0.717) is 17.7 Å². The molecule has 1 atom stereocenters. The first-order valence-corrected chi connectivity index (χ1v) is 6.66. The van der Waals surface area contributed by atoms with Gasteiger partial charge in [-0.25, -0.2) is 8.78 Å². The first kappa shape index (κ1) is 15.1. The monoisotopic (exact) mass is 286 g/mol. The van der Waals surface area contributed by atoms with E-state index in [-0.39, 0.29) is 17.4 Å². The van der Waals surface area contributed by atoms with E-state index in [1.54, 1.807) is 37.4 Å². The Morgan fingerprint density at radius 2 is 1.86 bits per heavy atom. The predicted molar refractivity (Wildman–Crippen MR) is 77.4 cm³/mol. The van der Waals surface area contributed by atoms with Gasteiger partial charge >= 0.3 is 0 Å². The van der Waals surface area contributed by atoms with Gasteiger partial charge in [-0.05, 0) is 26.1 Å². The highest BCUT2D eigenvalue weighted by atomic mass is 19.1. The number of benzene rings is 2. The van der Waals surface area contributed by atoms with Gasteiger partial charge in [0, 0.05) is 23.7 Å². The van der Waals surface area contributed by atoms with Crippen molar-refractivity contribution in [1.29, 1.82) is 5.26 Å². The number of hydrogen-bond donors (Lipinski definition) is 0. The Balaban J connectivity index is 2.21. The predicted octanol–water partition coefficient (Wildman–Crippen LogP) is 4.03. The zero-order valence-electron chi connectivity index (χ0n) is 12.0. The quantitative estimate of drug-likeness (QED) is 0.848. The van der Waals surface area contributed by atoms with Gasteiger partial charge in [-0.1, -0.05) is 30.3 Å². The number of halogens is 2. The molecule has 0 heterocycles. The zero-order chi connectivity index (χ0) is 15.4. The Morgan fingerprint density at radius 3 is 2.52 bits per heavy atom. The average Bonchev–Trinajstić information content (AvgIpc) is 2.49. The van der Waals surface area contributed by atoms with E-state index >= 15 is 0 Å². The number of nitrogens with zero attached hydrogens (tertiary/aromatic N) is 2. The van der Waals surface area contributed by atoms with E-state index < -0.39 is 5.82 Å². The Bertz CT molecular complexity index is 677. The van der Waals surface area contributed by atoms with Crippen molar-refractivity contribution in [3.8, 4) is 6.07 Å². The minimum Gasteiger partial charge on any atom is -0.295 e. The fourth-order valence-corrected chi connectivity index (χ4v) is 2.25. The third-order valence-corrected chi connectivity index (χ3v) is 3.64. The third kappa shape index (κ3) is 3.26. The van der Waals surface area contributed by atoms with Gasteiger partial charge in [-0.3, -0.25) is 4.90 Å². The summed E-state index contributed by atoms with van der Waals surface area (Å²) in [6.45, 7) is 2.17. The molecule has 2 aromatic carbocycles. The lowest BCUT2D eigenvalue weighted by Crippen LogP contribution is -2.23. The molecule has 0 radical (unpaired) electrons. The normalized spacial score (nSPS) is 12.2. The Hall–Kier alpha value is -2.25. The van der Waals surface area contributed by atoms with Crippen LogP contribution in [-0.2, 0) is 6.54 Å². The highest BCUT2D eigenvalue weighted by molar-refractivity contribution is 5.35. The summed E-state index contributed by atoms with van der Waals surface area (Å²) in [6, 6.07) is 12.9. The average molecular weight is 286 g/mol. The lowest BCUT2D eigenvalue weighted by molar-refractivity contribution is 0.244. The van der Waals surface area contributed by atoms with E-state index in [2.05, 4.69) is 0 Å². The molecular weight excluding hydrogens is 270 g/mol. The van der Waals surface area contributed by atoms with E-state index in [1.807, 2.05) is 17.9 Å². The molecule has 2 aromatic rings. The molecule has 0 aliphatic carbocycles. The maximum absolute atomic E-state index is 14.1. The lowest BCUT2D eigenvalue weighted by atomic mass is 10.0. The lowest BCUT2D eigenvalue weighted by Gasteiger charge is -2.25. The van der Waals surface area contributed by atoms with Crippen LogP contribution in [0, 0.1) is 23.0 Å². The van der Waals surface area contributed by atoms with Gasteiger partial charge in [0.15, 0.2) is 0 Å². The molecule has 0 aromatic heterocycles. The molecule has 0 fully saturated rings. The first-order chi connectivity index (χ1) is 10.0. The summed E-state index contributed by atoms with van der Waals surface area (Å²) in [5, 5.41) is 8.85. The van der Waals surface area contributed by atoms with Gasteiger partial charge in [0.2, 0.25) is 0 Å². The highest BCUT2D eigenvalue weighted by Gasteiger charge is 2.17. The van der Waals surface area contributed by atoms with Gasteiger partial charge in [0.05, 0.1) is 5.56 Å². The summed E-state index contributed by atoms with van der Waals surface area (Å²) in [7, 11) is 1.80. The summed E-state index contributed by atoms with van der Waals surface area (Å²) >= 11 is 0. The zero-order valence-corrected chi connectivity index (χ0v) is 12.0. The molecule has 0 aliphatic heterocycles. The van der Waals surface area contributed by atoms with Crippen molar-refractivity contribution in [2.24, 2.45) is 0 Å².